The number of amides is 1. The van der Waals surface area contributed by atoms with Gasteiger partial charge in [-0.1, -0.05) is 13.8 Å². The van der Waals surface area contributed by atoms with Crippen LogP contribution >= 0.6 is 0 Å². The van der Waals surface area contributed by atoms with Crippen molar-refractivity contribution >= 4 is 5.91 Å². The van der Waals surface area contributed by atoms with Crippen LogP contribution in [0.15, 0.2) is 0 Å². The van der Waals surface area contributed by atoms with Crippen molar-refractivity contribution in [3.63, 3.8) is 0 Å². The first-order chi connectivity index (χ1) is 7.72. The minimum absolute atomic E-state index is 0.308. The Morgan fingerprint density at radius 1 is 1.41 bits per heavy atom. The molecule has 0 aromatic heterocycles. The fourth-order valence-corrected chi connectivity index (χ4v) is 2.91. The van der Waals surface area contributed by atoms with E-state index in [1.807, 2.05) is 0 Å². The Kier molecular flexibility index (Phi) is 4.55. The molecule has 1 saturated heterocycles. The van der Waals surface area contributed by atoms with Crippen LogP contribution in [0.5, 0.6) is 0 Å². The standard InChI is InChI=1S/C13H27N3O/c1-9-5-10(2)8-16(7-9)11(3)6-13(4,15)12(14)17/h9-11H,5-8,15H2,1-4H3,(H2,14,17). The molecule has 4 heteroatoms. The van der Waals surface area contributed by atoms with Gasteiger partial charge in [-0.3, -0.25) is 4.79 Å². The van der Waals surface area contributed by atoms with Crippen LogP contribution in [0, 0.1) is 11.8 Å². The third-order valence-electron chi connectivity index (χ3n) is 3.80. The number of likely N-dealkylation sites (tertiary alicyclic amines) is 1. The molecule has 4 N–H and O–H groups in total. The van der Waals surface area contributed by atoms with E-state index in [0.717, 1.165) is 24.9 Å². The second-order valence-corrected chi connectivity index (χ2v) is 6.23. The van der Waals surface area contributed by atoms with E-state index < -0.39 is 11.4 Å². The van der Waals surface area contributed by atoms with Crippen LogP contribution in [0.25, 0.3) is 0 Å². The molecule has 1 rings (SSSR count). The average Bonchev–Trinajstić information content (AvgIpc) is 2.15. The predicted molar refractivity (Wildman–Crippen MR) is 70.4 cm³/mol. The normalized spacial score (nSPS) is 31.8. The van der Waals surface area contributed by atoms with Gasteiger partial charge in [0.15, 0.2) is 0 Å². The molecule has 1 aliphatic heterocycles. The van der Waals surface area contributed by atoms with Gasteiger partial charge in [0.1, 0.15) is 0 Å². The van der Waals surface area contributed by atoms with Gasteiger partial charge in [-0.25, -0.2) is 0 Å². The molecular weight excluding hydrogens is 214 g/mol. The second-order valence-electron chi connectivity index (χ2n) is 6.23. The van der Waals surface area contributed by atoms with Crippen LogP contribution in [0.2, 0.25) is 0 Å². The van der Waals surface area contributed by atoms with Crippen molar-refractivity contribution in [1.82, 2.24) is 4.90 Å². The monoisotopic (exact) mass is 241 g/mol. The zero-order valence-electron chi connectivity index (χ0n) is 11.6. The van der Waals surface area contributed by atoms with E-state index in [4.69, 9.17) is 11.5 Å². The summed E-state index contributed by atoms with van der Waals surface area (Å²) in [4.78, 5) is 13.7. The van der Waals surface area contributed by atoms with Gasteiger partial charge in [0.2, 0.25) is 5.91 Å². The van der Waals surface area contributed by atoms with Crippen LogP contribution in [0.1, 0.15) is 40.5 Å². The summed E-state index contributed by atoms with van der Waals surface area (Å²) < 4.78 is 0. The highest BCUT2D eigenvalue weighted by Gasteiger charge is 2.32. The number of hydrogen-bond donors (Lipinski definition) is 2. The third-order valence-corrected chi connectivity index (χ3v) is 3.80. The first-order valence-electron chi connectivity index (χ1n) is 6.55. The Bertz CT molecular complexity index is 268. The molecule has 1 fully saturated rings. The van der Waals surface area contributed by atoms with Crippen LogP contribution in [-0.2, 0) is 4.79 Å². The van der Waals surface area contributed by atoms with Gasteiger partial charge in [0, 0.05) is 19.1 Å². The van der Waals surface area contributed by atoms with Crippen molar-refractivity contribution < 1.29 is 4.79 Å². The average molecular weight is 241 g/mol. The predicted octanol–water partition coefficient (Wildman–Crippen LogP) is 0.946. The summed E-state index contributed by atoms with van der Waals surface area (Å²) in [5.74, 6) is 1.03. The summed E-state index contributed by atoms with van der Waals surface area (Å²) in [5.41, 5.74) is 10.4. The second kappa shape index (κ2) is 5.36. The molecule has 0 aromatic carbocycles. The van der Waals surface area contributed by atoms with Gasteiger partial charge in [0.25, 0.3) is 0 Å². The molecule has 100 valence electrons. The Morgan fingerprint density at radius 2 is 1.88 bits per heavy atom. The van der Waals surface area contributed by atoms with Crippen LogP contribution in [-0.4, -0.2) is 35.5 Å². The number of hydrogen-bond acceptors (Lipinski definition) is 3. The van der Waals surface area contributed by atoms with Crippen molar-refractivity contribution in [2.75, 3.05) is 13.1 Å². The Balaban J connectivity index is 2.58. The number of rotatable bonds is 4. The van der Waals surface area contributed by atoms with E-state index in [9.17, 15) is 4.79 Å². The Labute approximate surface area is 105 Å². The molecule has 4 atom stereocenters. The molecular formula is C13H27N3O. The van der Waals surface area contributed by atoms with E-state index in [1.165, 1.54) is 6.42 Å². The highest BCUT2D eigenvalue weighted by Crippen LogP contribution is 2.25. The summed E-state index contributed by atoms with van der Waals surface area (Å²) in [6.45, 7) is 10.6. The summed E-state index contributed by atoms with van der Waals surface area (Å²) in [6, 6.07) is 0.308. The van der Waals surface area contributed by atoms with E-state index >= 15 is 0 Å². The fourth-order valence-electron chi connectivity index (χ4n) is 2.91. The smallest absolute Gasteiger partial charge is 0.237 e. The molecule has 0 spiro atoms. The topological polar surface area (TPSA) is 72.3 Å². The zero-order chi connectivity index (χ0) is 13.2. The van der Waals surface area contributed by atoms with E-state index in [2.05, 4.69) is 25.7 Å². The minimum Gasteiger partial charge on any atom is -0.368 e. The number of carbonyl (C=O) groups excluding carboxylic acids is 1. The summed E-state index contributed by atoms with van der Waals surface area (Å²) in [6.07, 6.45) is 1.92. The van der Waals surface area contributed by atoms with Crippen molar-refractivity contribution in [2.45, 2.75) is 52.1 Å². The summed E-state index contributed by atoms with van der Waals surface area (Å²) in [7, 11) is 0. The number of primary amides is 1. The lowest BCUT2D eigenvalue weighted by Crippen LogP contribution is -2.54. The number of nitrogens with zero attached hydrogens (tertiary/aromatic N) is 1. The molecule has 0 bridgehead atoms. The number of nitrogens with two attached hydrogens (primary N) is 2. The van der Waals surface area contributed by atoms with Gasteiger partial charge in [0.05, 0.1) is 5.54 Å². The SMILES string of the molecule is CC1CC(C)CN(C(C)CC(C)(N)C(N)=O)C1. The lowest BCUT2D eigenvalue weighted by molar-refractivity contribution is -0.123. The maximum Gasteiger partial charge on any atom is 0.237 e. The van der Waals surface area contributed by atoms with Crippen LogP contribution < -0.4 is 11.5 Å². The van der Waals surface area contributed by atoms with Crippen molar-refractivity contribution in [3.05, 3.63) is 0 Å². The zero-order valence-corrected chi connectivity index (χ0v) is 11.6. The Hall–Kier alpha value is -0.610. The maximum atomic E-state index is 11.2. The highest BCUT2D eigenvalue weighted by molar-refractivity contribution is 5.83. The van der Waals surface area contributed by atoms with E-state index in [1.54, 1.807) is 6.92 Å². The van der Waals surface area contributed by atoms with Gasteiger partial charge in [-0.2, -0.15) is 0 Å². The van der Waals surface area contributed by atoms with Crippen LogP contribution in [0.4, 0.5) is 0 Å². The third kappa shape index (κ3) is 3.96. The van der Waals surface area contributed by atoms with Crippen LogP contribution in [0.3, 0.4) is 0 Å². The molecule has 4 unspecified atom stereocenters. The molecule has 1 amide bonds. The molecule has 0 saturated carbocycles. The molecule has 0 radical (unpaired) electrons. The minimum atomic E-state index is -0.899. The van der Waals surface area contributed by atoms with Gasteiger partial charge < -0.3 is 16.4 Å². The van der Waals surface area contributed by atoms with E-state index in [0.29, 0.717) is 12.5 Å². The Morgan fingerprint density at radius 3 is 2.29 bits per heavy atom. The molecule has 0 aromatic rings. The first-order valence-corrected chi connectivity index (χ1v) is 6.55. The van der Waals surface area contributed by atoms with E-state index in [-0.39, 0.29) is 0 Å². The quantitative estimate of drug-likeness (QED) is 0.769. The summed E-state index contributed by atoms with van der Waals surface area (Å²) in [5, 5.41) is 0. The molecule has 4 nitrogen and oxygen atoms in total. The highest BCUT2D eigenvalue weighted by atomic mass is 16.1. The molecule has 1 heterocycles. The summed E-state index contributed by atoms with van der Waals surface area (Å²) >= 11 is 0. The van der Waals surface area contributed by atoms with Gasteiger partial charge in [-0.15, -0.1) is 0 Å². The first kappa shape index (κ1) is 14.5. The molecule has 1 aliphatic rings. The molecule has 17 heavy (non-hydrogen) atoms. The molecule has 0 aliphatic carbocycles. The van der Waals surface area contributed by atoms with Crippen molar-refractivity contribution in [1.29, 1.82) is 0 Å². The maximum absolute atomic E-state index is 11.2. The lowest BCUT2D eigenvalue weighted by atomic mass is 9.88. The van der Waals surface area contributed by atoms with Crippen molar-refractivity contribution in [2.24, 2.45) is 23.3 Å². The number of carbonyl (C=O) groups is 1. The largest absolute Gasteiger partial charge is 0.368 e. The fraction of sp³-hybridized carbons (Fsp3) is 0.923. The number of piperidine rings is 1. The van der Waals surface area contributed by atoms with Crippen molar-refractivity contribution in [3.8, 4) is 0 Å². The lowest BCUT2D eigenvalue weighted by Gasteiger charge is -2.40. The van der Waals surface area contributed by atoms with Gasteiger partial charge >= 0.3 is 0 Å². The van der Waals surface area contributed by atoms with Gasteiger partial charge in [-0.05, 0) is 38.5 Å².